The predicted octanol–water partition coefficient (Wildman–Crippen LogP) is 1.62. The van der Waals surface area contributed by atoms with E-state index in [1.165, 1.54) is 12.8 Å². The second kappa shape index (κ2) is 6.59. The summed E-state index contributed by atoms with van der Waals surface area (Å²) in [5.41, 5.74) is 1.16. The third-order valence-corrected chi connectivity index (χ3v) is 3.46. The summed E-state index contributed by atoms with van der Waals surface area (Å²) in [7, 11) is 1.94. The highest BCUT2D eigenvalue weighted by Gasteiger charge is 2.18. The second-order valence-electron chi connectivity index (χ2n) is 5.39. The van der Waals surface area contributed by atoms with E-state index in [-0.39, 0.29) is 0 Å². The Kier molecular flexibility index (Phi) is 4.82. The van der Waals surface area contributed by atoms with Crippen LogP contribution in [0.4, 0.5) is 0 Å². The van der Waals surface area contributed by atoms with Gasteiger partial charge in [0.05, 0.1) is 12.7 Å². The van der Waals surface area contributed by atoms with Gasteiger partial charge in [0.15, 0.2) is 5.96 Å². The number of aromatic nitrogens is 2. The Labute approximate surface area is 115 Å². The molecule has 0 aromatic carbocycles. The zero-order valence-electron chi connectivity index (χ0n) is 12.3. The Hall–Kier alpha value is -1.52. The van der Waals surface area contributed by atoms with Crippen LogP contribution in [0.25, 0.3) is 0 Å². The minimum absolute atomic E-state index is 0.695. The highest BCUT2D eigenvalue weighted by atomic mass is 15.3. The highest BCUT2D eigenvalue weighted by Crippen LogP contribution is 2.15. The molecular formula is C14H25N5. The van der Waals surface area contributed by atoms with Gasteiger partial charge in [-0.1, -0.05) is 6.92 Å². The topological polar surface area (TPSA) is 45.5 Å². The molecule has 0 radical (unpaired) electrons. The van der Waals surface area contributed by atoms with Gasteiger partial charge in [-0.2, -0.15) is 5.10 Å². The first-order valence-corrected chi connectivity index (χ1v) is 7.19. The van der Waals surface area contributed by atoms with Crippen molar-refractivity contribution in [3.05, 3.63) is 18.0 Å². The fourth-order valence-electron chi connectivity index (χ4n) is 2.53. The van der Waals surface area contributed by atoms with Gasteiger partial charge in [-0.15, -0.1) is 0 Å². The van der Waals surface area contributed by atoms with Gasteiger partial charge in [-0.25, -0.2) is 4.99 Å². The molecule has 0 bridgehead atoms. The van der Waals surface area contributed by atoms with Crippen LogP contribution in [0.5, 0.6) is 0 Å². The van der Waals surface area contributed by atoms with Crippen molar-refractivity contribution in [2.45, 2.75) is 33.2 Å². The number of nitrogens with zero attached hydrogens (tertiary/aromatic N) is 4. The lowest BCUT2D eigenvalue weighted by molar-refractivity contribution is 0.266. The van der Waals surface area contributed by atoms with Crippen LogP contribution in [0, 0.1) is 5.92 Å². The maximum absolute atomic E-state index is 4.73. The van der Waals surface area contributed by atoms with E-state index in [0.717, 1.165) is 37.1 Å². The molecule has 1 fully saturated rings. The summed E-state index contributed by atoms with van der Waals surface area (Å²) in [5.74, 6) is 1.80. The second-order valence-corrected chi connectivity index (χ2v) is 5.39. The predicted molar refractivity (Wildman–Crippen MR) is 78.0 cm³/mol. The molecule has 1 aliphatic rings. The zero-order valence-corrected chi connectivity index (χ0v) is 12.3. The molecule has 1 aromatic rings. The minimum Gasteiger partial charge on any atom is -0.357 e. The Bertz CT molecular complexity index is 423. The van der Waals surface area contributed by atoms with Crippen molar-refractivity contribution in [3.63, 3.8) is 0 Å². The number of rotatable bonds is 3. The normalized spacial score (nSPS) is 20.7. The lowest BCUT2D eigenvalue weighted by atomic mass is 10.0. The van der Waals surface area contributed by atoms with Gasteiger partial charge in [-0.3, -0.25) is 4.68 Å². The smallest absolute Gasteiger partial charge is 0.194 e. The number of hydrogen-bond acceptors (Lipinski definition) is 2. The first-order valence-electron chi connectivity index (χ1n) is 7.19. The van der Waals surface area contributed by atoms with Gasteiger partial charge >= 0.3 is 0 Å². The summed E-state index contributed by atoms with van der Waals surface area (Å²) in [6, 6.07) is 0. The lowest BCUT2D eigenvalue weighted by Gasteiger charge is -2.33. The summed E-state index contributed by atoms with van der Waals surface area (Å²) in [6.07, 6.45) is 6.49. The molecule has 1 unspecified atom stereocenters. The summed E-state index contributed by atoms with van der Waals surface area (Å²) in [5, 5.41) is 7.58. The van der Waals surface area contributed by atoms with Crippen molar-refractivity contribution < 1.29 is 0 Å². The summed E-state index contributed by atoms with van der Waals surface area (Å²) >= 11 is 0. The Morgan fingerprint density at radius 1 is 1.58 bits per heavy atom. The number of guanidine groups is 1. The van der Waals surface area contributed by atoms with Crippen molar-refractivity contribution in [2.24, 2.45) is 18.0 Å². The Morgan fingerprint density at radius 2 is 2.42 bits per heavy atom. The Morgan fingerprint density at radius 3 is 3.05 bits per heavy atom. The molecule has 1 atom stereocenters. The van der Waals surface area contributed by atoms with E-state index in [9.17, 15) is 0 Å². The average Bonchev–Trinajstić information content (AvgIpc) is 2.80. The van der Waals surface area contributed by atoms with Crippen LogP contribution >= 0.6 is 0 Å². The molecule has 2 rings (SSSR count). The fourth-order valence-corrected chi connectivity index (χ4v) is 2.53. The molecule has 106 valence electrons. The number of nitrogens with one attached hydrogen (secondary N) is 1. The molecule has 5 nitrogen and oxygen atoms in total. The molecule has 1 saturated heterocycles. The molecular weight excluding hydrogens is 238 g/mol. The van der Waals surface area contributed by atoms with Crippen molar-refractivity contribution >= 4 is 5.96 Å². The molecule has 0 saturated carbocycles. The Balaban J connectivity index is 2.01. The first kappa shape index (κ1) is 13.9. The van der Waals surface area contributed by atoms with E-state index in [1.54, 1.807) is 0 Å². The van der Waals surface area contributed by atoms with Gasteiger partial charge in [-0.05, 0) is 25.7 Å². The lowest BCUT2D eigenvalue weighted by Crippen LogP contribution is -2.46. The van der Waals surface area contributed by atoms with Gasteiger partial charge < -0.3 is 10.2 Å². The van der Waals surface area contributed by atoms with Crippen LogP contribution < -0.4 is 5.32 Å². The van der Waals surface area contributed by atoms with E-state index in [0.29, 0.717) is 6.54 Å². The summed E-state index contributed by atoms with van der Waals surface area (Å²) < 4.78 is 1.82. The molecule has 0 amide bonds. The van der Waals surface area contributed by atoms with Crippen molar-refractivity contribution in [3.8, 4) is 0 Å². The number of hydrogen-bond donors (Lipinski definition) is 1. The SMILES string of the molecule is CCNC(=NCc1cnn(C)c1)N1CCCC(C)C1. The number of likely N-dealkylation sites (tertiary alicyclic amines) is 1. The van der Waals surface area contributed by atoms with E-state index < -0.39 is 0 Å². The zero-order chi connectivity index (χ0) is 13.7. The van der Waals surface area contributed by atoms with Crippen LogP contribution in [0.1, 0.15) is 32.3 Å². The van der Waals surface area contributed by atoms with Gasteiger partial charge in [0.25, 0.3) is 0 Å². The fraction of sp³-hybridized carbons (Fsp3) is 0.714. The molecule has 0 spiro atoms. The maximum Gasteiger partial charge on any atom is 0.194 e. The van der Waals surface area contributed by atoms with E-state index in [2.05, 4.69) is 29.2 Å². The van der Waals surface area contributed by atoms with E-state index in [1.807, 2.05) is 24.1 Å². The number of aliphatic imine (C=N–C) groups is 1. The monoisotopic (exact) mass is 263 g/mol. The third-order valence-electron chi connectivity index (χ3n) is 3.46. The van der Waals surface area contributed by atoms with Crippen molar-refractivity contribution in [1.82, 2.24) is 20.0 Å². The van der Waals surface area contributed by atoms with Gasteiger partial charge in [0.2, 0.25) is 0 Å². The number of aryl methyl sites for hydroxylation is 1. The van der Waals surface area contributed by atoms with Crippen molar-refractivity contribution in [1.29, 1.82) is 0 Å². The van der Waals surface area contributed by atoms with E-state index in [4.69, 9.17) is 4.99 Å². The van der Waals surface area contributed by atoms with Crippen LogP contribution in [-0.4, -0.2) is 40.3 Å². The molecule has 1 N–H and O–H groups in total. The van der Waals surface area contributed by atoms with Gasteiger partial charge in [0.1, 0.15) is 0 Å². The van der Waals surface area contributed by atoms with Gasteiger partial charge in [0, 0.05) is 38.4 Å². The third kappa shape index (κ3) is 3.98. The molecule has 1 aromatic heterocycles. The van der Waals surface area contributed by atoms with Crippen LogP contribution in [0.3, 0.4) is 0 Å². The largest absolute Gasteiger partial charge is 0.357 e. The molecule has 1 aliphatic heterocycles. The number of piperidine rings is 1. The highest BCUT2D eigenvalue weighted by molar-refractivity contribution is 5.80. The summed E-state index contributed by atoms with van der Waals surface area (Å²) in [6.45, 7) is 8.27. The first-order chi connectivity index (χ1) is 9.19. The molecule has 0 aliphatic carbocycles. The van der Waals surface area contributed by atoms with Crippen LogP contribution in [-0.2, 0) is 13.6 Å². The minimum atomic E-state index is 0.695. The molecule has 5 heteroatoms. The van der Waals surface area contributed by atoms with Crippen molar-refractivity contribution in [2.75, 3.05) is 19.6 Å². The van der Waals surface area contributed by atoms with E-state index >= 15 is 0 Å². The average molecular weight is 263 g/mol. The molecule has 2 heterocycles. The molecule has 19 heavy (non-hydrogen) atoms. The quantitative estimate of drug-likeness (QED) is 0.666. The standard InChI is InChI=1S/C14H25N5/c1-4-15-14(19-7-5-6-12(2)10-19)16-8-13-9-17-18(3)11-13/h9,11-12H,4-8,10H2,1-3H3,(H,15,16). The van der Waals surface area contributed by atoms with Crippen LogP contribution in [0.15, 0.2) is 17.4 Å². The maximum atomic E-state index is 4.73. The summed E-state index contributed by atoms with van der Waals surface area (Å²) in [4.78, 5) is 7.12. The van der Waals surface area contributed by atoms with Crippen LogP contribution in [0.2, 0.25) is 0 Å².